The molecule has 0 unspecified atom stereocenters. The van der Waals surface area contributed by atoms with Crippen LogP contribution in [0.15, 0.2) is 24.3 Å². The lowest BCUT2D eigenvalue weighted by Gasteiger charge is -2.44. The van der Waals surface area contributed by atoms with Gasteiger partial charge in [0.25, 0.3) is 0 Å². The second kappa shape index (κ2) is 6.15. The summed E-state index contributed by atoms with van der Waals surface area (Å²) in [7, 11) is 3.86. The van der Waals surface area contributed by atoms with Crippen molar-refractivity contribution >= 4 is 0 Å². The lowest BCUT2D eigenvalue weighted by Crippen LogP contribution is -2.51. The van der Waals surface area contributed by atoms with E-state index in [2.05, 4.69) is 24.1 Å². The van der Waals surface area contributed by atoms with E-state index in [-0.39, 0.29) is 0 Å². The number of likely N-dealkylation sites (tertiary alicyclic amines) is 1. The smallest absolute Gasteiger partial charge is 0.118 e. The monoisotopic (exact) mass is 277 g/mol. The second-order valence-electron chi connectivity index (χ2n) is 6.50. The molecule has 112 valence electrons. The SMILES string of the molecule is COc1ccc(C[C@@H]2[C@H](C(C)(C)O)CCCN2C)cc1. The Kier molecular flexibility index (Phi) is 4.71. The number of methoxy groups -OCH3 is 1. The average molecular weight is 277 g/mol. The van der Waals surface area contributed by atoms with Gasteiger partial charge in [-0.25, -0.2) is 0 Å². The van der Waals surface area contributed by atoms with Crippen molar-refractivity contribution in [3.63, 3.8) is 0 Å². The molecule has 1 aliphatic rings. The van der Waals surface area contributed by atoms with Gasteiger partial charge in [-0.2, -0.15) is 0 Å². The number of nitrogens with zero attached hydrogens (tertiary/aromatic N) is 1. The molecule has 3 heteroatoms. The van der Waals surface area contributed by atoms with E-state index in [9.17, 15) is 5.11 Å². The standard InChI is InChI=1S/C17H27NO2/c1-17(2,19)15-6-5-11-18(3)16(15)12-13-7-9-14(20-4)10-8-13/h7-10,15-16,19H,5-6,11-12H2,1-4H3/t15-,16-/m1/s1. The first-order valence-corrected chi connectivity index (χ1v) is 7.47. The first kappa shape index (κ1) is 15.3. The molecule has 1 aliphatic heterocycles. The fourth-order valence-electron chi connectivity index (χ4n) is 3.35. The maximum atomic E-state index is 10.4. The molecule has 1 N–H and O–H groups in total. The van der Waals surface area contributed by atoms with Crippen molar-refractivity contribution < 1.29 is 9.84 Å². The van der Waals surface area contributed by atoms with Gasteiger partial charge < -0.3 is 14.7 Å². The van der Waals surface area contributed by atoms with E-state index < -0.39 is 5.60 Å². The van der Waals surface area contributed by atoms with Crippen LogP contribution in [0.25, 0.3) is 0 Å². The summed E-state index contributed by atoms with van der Waals surface area (Å²) in [5.74, 6) is 1.22. The number of benzene rings is 1. The number of hydrogen-bond acceptors (Lipinski definition) is 3. The van der Waals surface area contributed by atoms with Crippen LogP contribution in [0.4, 0.5) is 0 Å². The van der Waals surface area contributed by atoms with Crippen molar-refractivity contribution in [3.05, 3.63) is 29.8 Å². The molecule has 3 nitrogen and oxygen atoms in total. The van der Waals surface area contributed by atoms with E-state index in [1.807, 2.05) is 26.0 Å². The third kappa shape index (κ3) is 3.53. The van der Waals surface area contributed by atoms with Crippen molar-refractivity contribution in [2.75, 3.05) is 20.7 Å². The number of ether oxygens (including phenoxy) is 1. The Morgan fingerprint density at radius 2 is 1.95 bits per heavy atom. The highest BCUT2D eigenvalue weighted by Crippen LogP contribution is 2.33. The molecule has 0 saturated carbocycles. The Morgan fingerprint density at radius 3 is 2.50 bits per heavy atom. The molecule has 20 heavy (non-hydrogen) atoms. The molecule has 0 bridgehead atoms. The molecule has 1 aromatic carbocycles. The van der Waals surface area contributed by atoms with Crippen LogP contribution in [0.5, 0.6) is 5.75 Å². The van der Waals surface area contributed by atoms with Gasteiger partial charge in [0.2, 0.25) is 0 Å². The molecule has 0 amide bonds. The van der Waals surface area contributed by atoms with E-state index in [0.717, 1.165) is 25.1 Å². The van der Waals surface area contributed by atoms with Gasteiger partial charge in [-0.3, -0.25) is 0 Å². The summed E-state index contributed by atoms with van der Waals surface area (Å²) in [4.78, 5) is 2.40. The van der Waals surface area contributed by atoms with Gasteiger partial charge in [0.05, 0.1) is 12.7 Å². The zero-order chi connectivity index (χ0) is 14.8. The molecular weight excluding hydrogens is 250 g/mol. The van der Waals surface area contributed by atoms with Gasteiger partial charge in [-0.15, -0.1) is 0 Å². The summed E-state index contributed by atoms with van der Waals surface area (Å²) in [6.07, 6.45) is 3.26. The van der Waals surface area contributed by atoms with Crippen LogP contribution in [0.2, 0.25) is 0 Å². The first-order chi connectivity index (χ1) is 9.41. The zero-order valence-corrected chi connectivity index (χ0v) is 13.1. The van der Waals surface area contributed by atoms with E-state index in [1.54, 1.807) is 7.11 Å². The normalized spacial score (nSPS) is 24.6. The van der Waals surface area contributed by atoms with Crippen LogP contribution in [0.3, 0.4) is 0 Å². The van der Waals surface area contributed by atoms with Gasteiger partial charge >= 0.3 is 0 Å². The molecule has 0 radical (unpaired) electrons. The van der Waals surface area contributed by atoms with Gasteiger partial charge in [0.15, 0.2) is 0 Å². The summed E-state index contributed by atoms with van der Waals surface area (Å²) in [6.45, 7) is 5.00. The van der Waals surface area contributed by atoms with Crippen molar-refractivity contribution in [1.82, 2.24) is 4.90 Å². The van der Waals surface area contributed by atoms with E-state index in [1.165, 1.54) is 12.0 Å². The second-order valence-corrected chi connectivity index (χ2v) is 6.50. The largest absolute Gasteiger partial charge is 0.497 e. The number of likely N-dealkylation sites (N-methyl/N-ethyl adjacent to an activating group) is 1. The Morgan fingerprint density at radius 1 is 1.30 bits per heavy atom. The molecule has 2 rings (SSSR count). The minimum Gasteiger partial charge on any atom is -0.497 e. The predicted octanol–water partition coefficient (Wildman–Crippen LogP) is 2.72. The molecule has 0 aliphatic carbocycles. The molecule has 1 aromatic rings. The summed E-state index contributed by atoms with van der Waals surface area (Å²) in [6, 6.07) is 8.68. The van der Waals surface area contributed by atoms with Crippen LogP contribution in [-0.4, -0.2) is 42.4 Å². The topological polar surface area (TPSA) is 32.7 Å². The predicted molar refractivity (Wildman–Crippen MR) is 82.1 cm³/mol. The fraction of sp³-hybridized carbons (Fsp3) is 0.647. The minimum absolute atomic E-state index is 0.323. The highest BCUT2D eigenvalue weighted by molar-refractivity contribution is 5.28. The maximum absolute atomic E-state index is 10.4. The lowest BCUT2D eigenvalue weighted by atomic mass is 9.76. The average Bonchev–Trinajstić information content (AvgIpc) is 2.40. The van der Waals surface area contributed by atoms with Crippen molar-refractivity contribution in [1.29, 1.82) is 0 Å². The Bertz CT molecular complexity index is 422. The minimum atomic E-state index is -0.619. The molecular formula is C17H27NO2. The first-order valence-electron chi connectivity index (χ1n) is 7.47. The Hall–Kier alpha value is -1.06. The lowest BCUT2D eigenvalue weighted by molar-refractivity contribution is -0.0447. The highest BCUT2D eigenvalue weighted by Gasteiger charge is 2.38. The van der Waals surface area contributed by atoms with Gasteiger partial charge in [-0.05, 0) is 64.4 Å². The number of piperidine rings is 1. The van der Waals surface area contributed by atoms with Crippen molar-refractivity contribution in [2.24, 2.45) is 5.92 Å². The molecule has 2 atom stereocenters. The summed E-state index contributed by atoms with van der Waals surface area (Å²) in [5, 5.41) is 10.4. The van der Waals surface area contributed by atoms with Crippen LogP contribution in [-0.2, 0) is 6.42 Å². The zero-order valence-electron chi connectivity index (χ0n) is 13.1. The van der Waals surface area contributed by atoms with Crippen LogP contribution in [0.1, 0.15) is 32.3 Å². The Balaban J connectivity index is 2.14. The quantitative estimate of drug-likeness (QED) is 0.918. The van der Waals surface area contributed by atoms with Gasteiger partial charge in [0, 0.05) is 12.0 Å². The summed E-state index contributed by atoms with van der Waals surface area (Å²) in [5.41, 5.74) is 0.685. The summed E-state index contributed by atoms with van der Waals surface area (Å²) >= 11 is 0. The van der Waals surface area contributed by atoms with Gasteiger partial charge in [-0.1, -0.05) is 12.1 Å². The number of rotatable bonds is 4. The molecule has 0 aromatic heterocycles. The van der Waals surface area contributed by atoms with Crippen LogP contribution < -0.4 is 4.74 Å². The highest BCUT2D eigenvalue weighted by atomic mass is 16.5. The molecule has 0 spiro atoms. The van der Waals surface area contributed by atoms with Crippen molar-refractivity contribution in [2.45, 2.75) is 44.8 Å². The Labute approximate surface area is 122 Å². The maximum Gasteiger partial charge on any atom is 0.118 e. The van der Waals surface area contributed by atoms with Crippen LogP contribution >= 0.6 is 0 Å². The van der Waals surface area contributed by atoms with Gasteiger partial charge in [0.1, 0.15) is 5.75 Å². The summed E-state index contributed by atoms with van der Waals surface area (Å²) < 4.78 is 5.21. The third-order valence-electron chi connectivity index (χ3n) is 4.57. The molecule has 1 heterocycles. The van der Waals surface area contributed by atoms with Crippen molar-refractivity contribution in [3.8, 4) is 5.75 Å². The fourth-order valence-corrected chi connectivity index (χ4v) is 3.35. The number of hydrogen-bond donors (Lipinski definition) is 1. The van der Waals surface area contributed by atoms with Crippen LogP contribution in [0, 0.1) is 5.92 Å². The van der Waals surface area contributed by atoms with E-state index >= 15 is 0 Å². The van der Waals surface area contributed by atoms with E-state index in [0.29, 0.717) is 12.0 Å². The third-order valence-corrected chi connectivity index (χ3v) is 4.57. The molecule has 1 saturated heterocycles. The van der Waals surface area contributed by atoms with E-state index in [4.69, 9.17) is 4.74 Å². The molecule has 1 fully saturated rings. The number of aliphatic hydroxyl groups is 1.